The Hall–Kier alpha value is -4.29. The zero-order chi connectivity index (χ0) is 25.4. The molecule has 0 radical (unpaired) electrons. The van der Waals surface area contributed by atoms with E-state index in [2.05, 4.69) is 22.3 Å². The maximum Gasteiger partial charge on any atom is 0.244 e. The minimum Gasteiger partial charge on any atom is -0.493 e. The van der Waals surface area contributed by atoms with Crippen LogP contribution in [0.2, 0.25) is 0 Å². The second-order valence-corrected chi connectivity index (χ2v) is 9.86. The van der Waals surface area contributed by atoms with Gasteiger partial charge < -0.3 is 19.9 Å². The van der Waals surface area contributed by atoms with Crippen molar-refractivity contribution in [3.05, 3.63) is 92.2 Å². The fraction of sp³-hybridized carbons (Fsp3) is 0.185. The van der Waals surface area contributed by atoms with Gasteiger partial charge in [0, 0.05) is 15.3 Å². The van der Waals surface area contributed by atoms with Crippen LogP contribution in [0.4, 0.5) is 4.39 Å². The molecule has 0 spiro atoms. The number of nitriles is 1. The van der Waals surface area contributed by atoms with E-state index in [0.29, 0.717) is 17.4 Å². The number of methoxy groups -OCH3 is 1. The normalized spacial score (nSPS) is 14.7. The molecule has 3 N–H and O–H groups in total. The number of thiophene rings is 1. The Bertz CT molecular complexity index is 1510. The number of benzene rings is 2. The van der Waals surface area contributed by atoms with Crippen molar-refractivity contribution in [1.29, 1.82) is 5.26 Å². The van der Waals surface area contributed by atoms with Gasteiger partial charge >= 0.3 is 0 Å². The average molecular weight is 503 g/mol. The number of hydrogen-bond acceptors (Lipinski definition) is 7. The second kappa shape index (κ2) is 9.40. The fourth-order valence-electron chi connectivity index (χ4n) is 4.39. The van der Waals surface area contributed by atoms with Gasteiger partial charge in [-0.05, 0) is 55.3 Å². The topological polar surface area (TPSA) is 106 Å². The SMILES string of the molecule is COc1cc([C@@H]2C(C#N)=C(N)Oc3n[nH]c(-c4cc(C)sc4C)c32)ccc1OCc1ccc(F)cc1. The number of aryl methyl sites for hydroxylation is 2. The van der Waals surface area contributed by atoms with Crippen LogP contribution in [0.1, 0.15) is 32.4 Å². The molecule has 0 saturated heterocycles. The molecule has 0 bridgehead atoms. The summed E-state index contributed by atoms with van der Waals surface area (Å²) in [4.78, 5) is 2.29. The van der Waals surface area contributed by atoms with E-state index in [1.807, 2.05) is 26.0 Å². The summed E-state index contributed by atoms with van der Waals surface area (Å²) in [5.74, 6) is 0.541. The first-order valence-electron chi connectivity index (χ1n) is 11.2. The molecule has 182 valence electrons. The summed E-state index contributed by atoms with van der Waals surface area (Å²) in [5, 5.41) is 17.5. The molecule has 1 aliphatic heterocycles. The number of aromatic amines is 1. The van der Waals surface area contributed by atoms with Crippen LogP contribution in [0.5, 0.6) is 17.4 Å². The van der Waals surface area contributed by atoms with Gasteiger partial charge in [0.15, 0.2) is 11.5 Å². The van der Waals surface area contributed by atoms with Crippen molar-refractivity contribution in [3.63, 3.8) is 0 Å². The molecular formula is C27H23FN4O3S. The molecule has 0 saturated carbocycles. The van der Waals surface area contributed by atoms with Gasteiger partial charge in [0.25, 0.3) is 0 Å². The summed E-state index contributed by atoms with van der Waals surface area (Å²) in [7, 11) is 1.55. The van der Waals surface area contributed by atoms with E-state index in [4.69, 9.17) is 19.9 Å². The molecule has 3 heterocycles. The first kappa shape index (κ1) is 23.5. The molecule has 0 fully saturated rings. The number of fused-ring (bicyclic) bond motifs is 1. The van der Waals surface area contributed by atoms with Gasteiger partial charge in [0.05, 0.1) is 24.3 Å². The highest BCUT2D eigenvalue weighted by Crippen LogP contribution is 2.48. The van der Waals surface area contributed by atoms with Crippen molar-refractivity contribution in [2.45, 2.75) is 26.4 Å². The molecular weight excluding hydrogens is 479 g/mol. The number of nitrogens with one attached hydrogen (secondary N) is 1. The van der Waals surface area contributed by atoms with E-state index >= 15 is 0 Å². The summed E-state index contributed by atoms with van der Waals surface area (Å²) < 4.78 is 30.5. The Labute approximate surface area is 211 Å². The molecule has 9 heteroatoms. The molecule has 4 aromatic rings. The molecule has 2 aromatic carbocycles. The molecule has 0 unspecified atom stereocenters. The van der Waals surface area contributed by atoms with Crippen LogP contribution < -0.4 is 19.9 Å². The monoisotopic (exact) mass is 502 g/mol. The predicted octanol–water partition coefficient (Wildman–Crippen LogP) is 5.70. The van der Waals surface area contributed by atoms with Crippen LogP contribution in [-0.4, -0.2) is 17.3 Å². The van der Waals surface area contributed by atoms with Gasteiger partial charge in [-0.3, -0.25) is 5.10 Å². The summed E-state index contributed by atoms with van der Waals surface area (Å²) in [5.41, 5.74) is 10.6. The van der Waals surface area contributed by atoms with E-state index in [-0.39, 0.29) is 23.9 Å². The third-order valence-electron chi connectivity index (χ3n) is 6.08. The maximum absolute atomic E-state index is 13.2. The van der Waals surface area contributed by atoms with E-state index < -0.39 is 5.92 Å². The number of ether oxygens (including phenoxy) is 3. The van der Waals surface area contributed by atoms with Gasteiger partial charge in [-0.15, -0.1) is 16.4 Å². The molecule has 2 aromatic heterocycles. The highest BCUT2D eigenvalue weighted by Gasteiger charge is 2.36. The Morgan fingerprint density at radius 1 is 1.17 bits per heavy atom. The van der Waals surface area contributed by atoms with Crippen LogP contribution in [0.25, 0.3) is 11.3 Å². The van der Waals surface area contributed by atoms with Gasteiger partial charge in [0.2, 0.25) is 11.8 Å². The van der Waals surface area contributed by atoms with Crippen molar-refractivity contribution >= 4 is 11.3 Å². The molecule has 0 aliphatic carbocycles. The van der Waals surface area contributed by atoms with Crippen LogP contribution in [0.15, 0.2) is 60.0 Å². The lowest BCUT2D eigenvalue weighted by atomic mass is 9.83. The average Bonchev–Trinajstić information content (AvgIpc) is 3.44. The second-order valence-electron chi connectivity index (χ2n) is 8.39. The van der Waals surface area contributed by atoms with Crippen molar-refractivity contribution < 1.29 is 18.6 Å². The molecule has 0 amide bonds. The third kappa shape index (κ3) is 4.16. The lowest BCUT2D eigenvalue weighted by Gasteiger charge is -2.25. The van der Waals surface area contributed by atoms with E-state index in [1.54, 1.807) is 36.6 Å². The molecule has 1 atom stereocenters. The van der Waals surface area contributed by atoms with Gasteiger partial charge in [-0.2, -0.15) is 5.26 Å². The standard InChI is InChI=1S/C27H23FN4O3S/c1-14-10-19(15(2)36-14)25-24-23(20(12-29)26(30)35-27(24)32-31-25)17-6-9-21(22(11-17)33-3)34-13-16-4-7-18(28)8-5-16/h4-11,23H,13,30H2,1-3H3,(H,31,32)/t23-/m1/s1. The lowest BCUT2D eigenvalue weighted by Crippen LogP contribution is -2.21. The first-order valence-corrected chi connectivity index (χ1v) is 12.0. The maximum atomic E-state index is 13.2. The summed E-state index contributed by atoms with van der Waals surface area (Å²) in [6.07, 6.45) is 0. The minimum absolute atomic E-state index is 0.0156. The number of nitrogens with two attached hydrogens (primary N) is 1. The van der Waals surface area contributed by atoms with Crippen LogP contribution in [0, 0.1) is 31.0 Å². The molecule has 36 heavy (non-hydrogen) atoms. The molecule has 1 aliphatic rings. The number of nitrogens with zero attached hydrogens (tertiary/aromatic N) is 2. The van der Waals surface area contributed by atoms with Gasteiger partial charge in [-0.25, -0.2) is 4.39 Å². The van der Waals surface area contributed by atoms with Crippen molar-refractivity contribution in [1.82, 2.24) is 10.2 Å². The minimum atomic E-state index is -0.521. The van der Waals surface area contributed by atoms with Crippen molar-refractivity contribution in [2.75, 3.05) is 7.11 Å². The van der Waals surface area contributed by atoms with E-state index in [9.17, 15) is 9.65 Å². The molecule has 7 nitrogen and oxygen atoms in total. The summed E-state index contributed by atoms with van der Waals surface area (Å²) in [6, 6.07) is 15.9. The van der Waals surface area contributed by atoms with Gasteiger partial charge in [-0.1, -0.05) is 18.2 Å². The number of rotatable bonds is 6. The smallest absolute Gasteiger partial charge is 0.244 e. The zero-order valence-electron chi connectivity index (χ0n) is 19.9. The first-order chi connectivity index (χ1) is 17.4. The number of aromatic nitrogens is 2. The van der Waals surface area contributed by atoms with Crippen LogP contribution in [-0.2, 0) is 6.61 Å². The number of allylic oxidation sites excluding steroid dienone is 1. The predicted molar refractivity (Wildman–Crippen MR) is 134 cm³/mol. The van der Waals surface area contributed by atoms with Crippen molar-refractivity contribution in [3.8, 4) is 34.7 Å². The highest BCUT2D eigenvalue weighted by atomic mass is 32.1. The lowest BCUT2D eigenvalue weighted by molar-refractivity contribution is 0.284. The number of halogens is 1. The fourth-order valence-corrected chi connectivity index (χ4v) is 5.32. The van der Waals surface area contributed by atoms with Crippen LogP contribution in [0.3, 0.4) is 0 Å². The third-order valence-corrected chi connectivity index (χ3v) is 7.04. The largest absolute Gasteiger partial charge is 0.493 e. The quantitative estimate of drug-likeness (QED) is 0.350. The van der Waals surface area contributed by atoms with Crippen LogP contribution >= 0.6 is 11.3 Å². The summed E-state index contributed by atoms with van der Waals surface area (Å²) in [6.45, 7) is 4.34. The molecule has 5 rings (SSSR count). The number of H-pyrrole nitrogens is 1. The van der Waals surface area contributed by atoms with Crippen molar-refractivity contribution in [2.24, 2.45) is 5.73 Å². The number of hydrogen-bond donors (Lipinski definition) is 2. The van der Waals surface area contributed by atoms with E-state index in [1.165, 1.54) is 17.0 Å². The Kier molecular flexibility index (Phi) is 6.12. The Morgan fingerprint density at radius 2 is 1.94 bits per heavy atom. The van der Waals surface area contributed by atoms with Gasteiger partial charge in [0.1, 0.15) is 24.1 Å². The Balaban J connectivity index is 1.55. The summed E-state index contributed by atoms with van der Waals surface area (Å²) >= 11 is 1.69. The zero-order valence-corrected chi connectivity index (χ0v) is 20.7. The Morgan fingerprint density at radius 3 is 2.61 bits per heavy atom. The van der Waals surface area contributed by atoms with E-state index in [0.717, 1.165) is 32.8 Å². The highest BCUT2D eigenvalue weighted by molar-refractivity contribution is 7.12.